The van der Waals surface area contributed by atoms with Gasteiger partial charge in [-0.05, 0) is 31.4 Å². The van der Waals surface area contributed by atoms with Gasteiger partial charge in [-0.15, -0.1) is 12.4 Å². The van der Waals surface area contributed by atoms with Crippen LogP contribution in [0.5, 0.6) is 0 Å². The van der Waals surface area contributed by atoms with Crippen LogP contribution in [0.4, 0.5) is 5.82 Å². The second kappa shape index (κ2) is 5.99. The number of halogens is 1. The van der Waals surface area contributed by atoms with Gasteiger partial charge in [0.1, 0.15) is 5.82 Å². The highest BCUT2D eigenvalue weighted by atomic mass is 35.5. The Kier molecular flexibility index (Phi) is 4.34. The van der Waals surface area contributed by atoms with E-state index in [0.717, 1.165) is 18.1 Å². The van der Waals surface area contributed by atoms with Gasteiger partial charge >= 0.3 is 0 Å². The molecule has 3 rings (SSSR count). The third kappa shape index (κ3) is 3.42. The zero-order valence-corrected chi connectivity index (χ0v) is 11.2. The van der Waals surface area contributed by atoms with Crippen LogP contribution in [0, 0.1) is 5.92 Å². The standard InChI is InChI=1S/C12H15N5O.ClH/c18-12(8-13-7-9-1-2-9)16-11-3-5-14-10-4-6-15-17(10)11;/h3-6,9,13H,1-2,7-8H2,(H,16,18);1H. The molecule has 0 unspecified atom stereocenters. The number of hydrogen-bond acceptors (Lipinski definition) is 4. The zero-order valence-electron chi connectivity index (χ0n) is 10.4. The Morgan fingerprint density at radius 1 is 1.37 bits per heavy atom. The fourth-order valence-electron chi connectivity index (χ4n) is 1.83. The number of hydrogen-bond donors (Lipinski definition) is 2. The molecule has 2 aromatic heterocycles. The molecule has 0 aromatic carbocycles. The van der Waals surface area contributed by atoms with Crippen molar-refractivity contribution in [2.45, 2.75) is 12.8 Å². The number of rotatable bonds is 5. The summed E-state index contributed by atoms with van der Waals surface area (Å²) in [6.07, 6.45) is 5.88. The van der Waals surface area contributed by atoms with Crippen molar-refractivity contribution in [2.24, 2.45) is 5.92 Å². The number of nitrogens with zero attached hydrogens (tertiary/aromatic N) is 3. The number of nitrogens with one attached hydrogen (secondary N) is 2. The monoisotopic (exact) mass is 281 g/mol. The van der Waals surface area contributed by atoms with E-state index in [-0.39, 0.29) is 18.3 Å². The molecular weight excluding hydrogens is 266 g/mol. The van der Waals surface area contributed by atoms with Crippen LogP contribution in [0.25, 0.3) is 5.65 Å². The lowest BCUT2D eigenvalue weighted by Gasteiger charge is -2.07. The van der Waals surface area contributed by atoms with Crippen LogP contribution < -0.4 is 10.6 Å². The molecule has 0 bridgehead atoms. The first kappa shape index (κ1) is 13.8. The van der Waals surface area contributed by atoms with Crippen molar-refractivity contribution >= 4 is 29.8 Å². The normalized spacial score (nSPS) is 14.1. The zero-order chi connectivity index (χ0) is 12.4. The lowest BCUT2D eigenvalue weighted by atomic mass is 10.4. The van der Waals surface area contributed by atoms with Gasteiger partial charge in [0.05, 0.1) is 12.7 Å². The molecule has 102 valence electrons. The average Bonchev–Trinajstić information content (AvgIpc) is 3.05. The molecule has 0 spiro atoms. The second-order valence-corrected chi connectivity index (χ2v) is 4.55. The molecule has 2 N–H and O–H groups in total. The van der Waals surface area contributed by atoms with Crippen molar-refractivity contribution < 1.29 is 4.79 Å². The highest BCUT2D eigenvalue weighted by molar-refractivity contribution is 5.91. The molecule has 0 radical (unpaired) electrons. The maximum absolute atomic E-state index is 11.7. The summed E-state index contributed by atoms with van der Waals surface area (Å²) in [5.74, 6) is 1.36. The fraction of sp³-hybridized carbons (Fsp3) is 0.417. The number of anilines is 1. The van der Waals surface area contributed by atoms with Gasteiger partial charge in [-0.3, -0.25) is 4.79 Å². The molecule has 6 nitrogen and oxygen atoms in total. The van der Waals surface area contributed by atoms with Crippen LogP contribution in [0.1, 0.15) is 12.8 Å². The van der Waals surface area contributed by atoms with Gasteiger partial charge in [0.2, 0.25) is 5.91 Å². The molecule has 0 atom stereocenters. The van der Waals surface area contributed by atoms with E-state index in [2.05, 4.69) is 20.7 Å². The summed E-state index contributed by atoms with van der Waals surface area (Å²) >= 11 is 0. The number of carbonyl (C=O) groups is 1. The molecule has 1 fully saturated rings. The summed E-state index contributed by atoms with van der Waals surface area (Å²) < 4.78 is 1.61. The predicted molar refractivity (Wildman–Crippen MR) is 74.5 cm³/mol. The molecule has 2 aromatic rings. The van der Waals surface area contributed by atoms with Crippen LogP contribution >= 0.6 is 12.4 Å². The van der Waals surface area contributed by atoms with Crippen molar-refractivity contribution in [3.05, 3.63) is 24.5 Å². The third-order valence-corrected chi connectivity index (χ3v) is 2.97. The van der Waals surface area contributed by atoms with Crippen molar-refractivity contribution in [3.63, 3.8) is 0 Å². The van der Waals surface area contributed by atoms with Gasteiger partial charge in [0, 0.05) is 12.3 Å². The Morgan fingerprint density at radius 3 is 3.00 bits per heavy atom. The van der Waals surface area contributed by atoms with Crippen LogP contribution in [0.2, 0.25) is 0 Å². The van der Waals surface area contributed by atoms with Gasteiger partial charge < -0.3 is 10.6 Å². The van der Waals surface area contributed by atoms with Crippen molar-refractivity contribution in [1.29, 1.82) is 0 Å². The van der Waals surface area contributed by atoms with E-state index in [0.29, 0.717) is 12.4 Å². The first-order valence-electron chi connectivity index (χ1n) is 6.12. The van der Waals surface area contributed by atoms with Crippen LogP contribution in [0.3, 0.4) is 0 Å². The maximum atomic E-state index is 11.7. The van der Waals surface area contributed by atoms with Gasteiger partial charge in [0.25, 0.3) is 0 Å². The molecule has 1 aliphatic carbocycles. The molecule has 1 amide bonds. The minimum absolute atomic E-state index is 0. The molecule has 19 heavy (non-hydrogen) atoms. The summed E-state index contributed by atoms with van der Waals surface area (Å²) in [5.41, 5.74) is 0.721. The smallest absolute Gasteiger partial charge is 0.239 e. The SMILES string of the molecule is Cl.O=C(CNCC1CC1)Nc1ccnc2ccnn12. The van der Waals surface area contributed by atoms with E-state index in [1.807, 2.05) is 0 Å². The minimum atomic E-state index is -0.0568. The minimum Gasteiger partial charge on any atom is -0.309 e. The molecule has 2 heterocycles. The summed E-state index contributed by atoms with van der Waals surface area (Å²) in [7, 11) is 0. The first-order valence-corrected chi connectivity index (χ1v) is 6.12. The molecule has 0 aliphatic heterocycles. The lowest BCUT2D eigenvalue weighted by Crippen LogP contribution is -2.30. The van der Waals surface area contributed by atoms with Gasteiger partial charge in [-0.2, -0.15) is 9.61 Å². The molecule has 1 saturated carbocycles. The first-order chi connectivity index (χ1) is 8.83. The topological polar surface area (TPSA) is 71.3 Å². The maximum Gasteiger partial charge on any atom is 0.239 e. The Balaban J connectivity index is 0.00000133. The average molecular weight is 282 g/mol. The van der Waals surface area contributed by atoms with Gasteiger partial charge in [-0.1, -0.05) is 0 Å². The fourth-order valence-corrected chi connectivity index (χ4v) is 1.83. The number of aromatic nitrogens is 3. The lowest BCUT2D eigenvalue weighted by molar-refractivity contribution is -0.115. The van der Waals surface area contributed by atoms with Crippen molar-refractivity contribution in [1.82, 2.24) is 19.9 Å². The van der Waals surface area contributed by atoms with E-state index in [1.165, 1.54) is 12.8 Å². The third-order valence-electron chi connectivity index (χ3n) is 2.97. The largest absolute Gasteiger partial charge is 0.309 e. The van der Waals surface area contributed by atoms with Crippen LogP contribution in [-0.4, -0.2) is 33.6 Å². The quantitative estimate of drug-likeness (QED) is 0.861. The Hall–Kier alpha value is -1.66. The van der Waals surface area contributed by atoms with E-state index >= 15 is 0 Å². The number of carbonyl (C=O) groups excluding carboxylic acids is 1. The second-order valence-electron chi connectivity index (χ2n) is 4.55. The molecule has 7 heteroatoms. The van der Waals surface area contributed by atoms with E-state index in [4.69, 9.17) is 0 Å². The summed E-state index contributed by atoms with van der Waals surface area (Å²) in [4.78, 5) is 15.9. The Morgan fingerprint density at radius 2 is 2.21 bits per heavy atom. The van der Waals surface area contributed by atoms with Gasteiger partial charge in [-0.25, -0.2) is 4.98 Å². The summed E-state index contributed by atoms with van der Waals surface area (Å²) in [5, 5.41) is 10.1. The van der Waals surface area contributed by atoms with E-state index in [9.17, 15) is 4.79 Å². The number of amides is 1. The Labute approximate surface area is 117 Å². The summed E-state index contributed by atoms with van der Waals surface area (Å²) in [6.45, 7) is 1.27. The highest BCUT2D eigenvalue weighted by Crippen LogP contribution is 2.27. The van der Waals surface area contributed by atoms with E-state index < -0.39 is 0 Å². The van der Waals surface area contributed by atoms with Crippen LogP contribution in [-0.2, 0) is 4.79 Å². The molecule has 0 saturated heterocycles. The van der Waals surface area contributed by atoms with E-state index in [1.54, 1.807) is 29.0 Å². The predicted octanol–water partition coefficient (Wildman–Crippen LogP) is 1.09. The van der Waals surface area contributed by atoms with Crippen molar-refractivity contribution in [2.75, 3.05) is 18.4 Å². The number of fused-ring (bicyclic) bond motifs is 1. The summed E-state index contributed by atoms with van der Waals surface area (Å²) in [6, 6.07) is 3.53. The molecule has 1 aliphatic rings. The van der Waals surface area contributed by atoms with Gasteiger partial charge in [0.15, 0.2) is 5.65 Å². The molecular formula is C12H16ClN5O. The Bertz CT molecular complexity index is 566. The van der Waals surface area contributed by atoms with Crippen molar-refractivity contribution in [3.8, 4) is 0 Å². The van der Waals surface area contributed by atoms with Crippen LogP contribution in [0.15, 0.2) is 24.5 Å². The highest BCUT2D eigenvalue weighted by Gasteiger charge is 2.20.